The highest BCUT2D eigenvalue weighted by molar-refractivity contribution is 6.36. The maximum absolute atomic E-state index is 12.9. The van der Waals surface area contributed by atoms with Gasteiger partial charge in [-0.25, -0.2) is 4.79 Å². The minimum Gasteiger partial charge on any atom is -0.480 e. The summed E-state index contributed by atoms with van der Waals surface area (Å²) >= 11 is 6.01. The number of amides is 2. The molecule has 3 aromatic rings. The zero-order valence-corrected chi connectivity index (χ0v) is 27.6. The van der Waals surface area contributed by atoms with E-state index >= 15 is 0 Å². The standard InChI is InChI=1S/C33H35ClF3N7O6/c1-18(19-2-3-19)16-25(45)27(47)38-15-12-24(28(48)49)40-26(46)20-4-10-23(11-5-20)39-29-41-30(43-31(42-29)50-17-33(35,36)37)44-32(13-14-32)21-6-8-22(34)9-7-21/h4-11,18-19,24H,2-3,12-17H2,1H3,(H,38,47)(H,40,46)(H,48,49)(H2,39,41,42,43,44)/t18-,24-/m0/s1. The summed E-state index contributed by atoms with van der Waals surface area (Å²) in [7, 11) is 0. The first kappa shape index (κ1) is 36.3. The highest BCUT2D eigenvalue weighted by Gasteiger charge is 2.45. The van der Waals surface area contributed by atoms with Gasteiger partial charge in [-0.1, -0.05) is 30.7 Å². The van der Waals surface area contributed by atoms with E-state index in [9.17, 15) is 37.5 Å². The number of carbonyl (C=O) groups excluding carboxylic acids is 3. The normalized spacial score (nSPS) is 16.0. The smallest absolute Gasteiger partial charge is 0.422 e. The number of carboxylic acid groups (broad SMARTS) is 1. The van der Waals surface area contributed by atoms with Gasteiger partial charge in [0.2, 0.25) is 17.7 Å². The van der Waals surface area contributed by atoms with Gasteiger partial charge in [0.25, 0.3) is 11.8 Å². The number of rotatable bonds is 17. The summed E-state index contributed by atoms with van der Waals surface area (Å²) in [6, 6.07) is 10.9. The number of nitrogens with zero attached hydrogens (tertiary/aromatic N) is 3. The Labute approximate surface area is 289 Å². The summed E-state index contributed by atoms with van der Waals surface area (Å²) < 4.78 is 43.5. The van der Waals surface area contributed by atoms with Gasteiger partial charge in [0.1, 0.15) is 6.04 Å². The molecule has 0 spiro atoms. The molecule has 2 aromatic carbocycles. The fourth-order valence-corrected chi connectivity index (χ4v) is 5.38. The van der Waals surface area contributed by atoms with Crippen LogP contribution in [0, 0.1) is 11.8 Å². The number of ether oxygens (including phenoxy) is 1. The topological polar surface area (TPSA) is 185 Å². The van der Waals surface area contributed by atoms with Crippen molar-refractivity contribution in [2.24, 2.45) is 11.8 Å². The van der Waals surface area contributed by atoms with Crippen LogP contribution >= 0.6 is 11.6 Å². The molecule has 2 aliphatic carbocycles. The van der Waals surface area contributed by atoms with Crippen molar-refractivity contribution in [2.75, 3.05) is 23.8 Å². The van der Waals surface area contributed by atoms with E-state index in [1.165, 1.54) is 24.3 Å². The quantitative estimate of drug-likeness (QED) is 0.118. The number of ketones is 1. The molecule has 5 N–H and O–H groups in total. The van der Waals surface area contributed by atoms with Gasteiger partial charge in [-0.2, -0.15) is 28.1 Å². The van der Waals surface area contributed by atoms with Crippen molar-refractivity contribution in [3.05, 3.63) is 64.7 Å². The summed E-state index contributed by atoms with van der Waals surface area (Å²) in [5.41, 5.74) is 0.783. The molecule has 13 nitrogen and oxygen atoms in total. The third-order valence-corrected chi connectivity index (χ3v) is 8.64. The Kier molecular flexibility index (Phi) is 11.1. The lowest BCUT2D eigenvalue weighted by atomic mass is 9.99. The van der Waals surface area contributed by atoms with Crippen LogP contribution < -0.4 is 26.0 Å². The molecule has 266 valence electrons. The first-order valence-electron chi connectivity index (χ1n) is 15.9. The molecule has 2 amide bonds. The zero-order chi connectivity index (χ0) is 36.1. The maximum atomic E-state index is 12.9. The van der Waals surface area contributed by atoms with E-state index in [-0.39, 0.29) is 42.8 Å². The lowest BCUT2D eigenvalue weighted by Crippen LogP contribution is -2.43. The van der Waals surface area contributed by atoms with Gasteiger partial charge in [-0.3, -0.25) is 14.4 Å². The predicted octanol–water partition coefficient (Wildman–Crippen LogP) is 5.01. The lowest BCUT2D eigenvalue weighted by molar-refractivity contribution is -0.154. The van der Waals surface area contributed by atoms with Gasteiger partial charge in [0.15, 0.2) is 6.61 Å². The summed E-state index contributed by atoms with van der Waals surface area (Å²) in [5.74, 6) is -2.99. The minimum absolute atomic E-state index is 0.0313. The molecule has 2 fully saturated rings. The SMILES string of the molecule is C[C@@H](CC(=O)C(=O)NCC[C@H](NC(=O)c1ccc(Nc2nc(NC3(c4ccc(Cl)cc4)CC3)nc(OCC(F)(F)F)n2)cc1)C(=O)O)C1CC1. The number of anilines is 3. The third-order valence-electron chi connectivity index (χ3n) is 8.39. The van der Waals surface area contributed by atoms with Crippen molar-refractivity contribution in [1.29, 1.82) is 0 Å². The van der Waals surface area contributed by atoms with Crippen LogP contribution in [-0.2, 0) is 19.9 Å². The fraction of sp³-hybridized carbons (Fsp3) is 0.424. The molecule has 0 aliphatic heterocycles. The number of nitrogens with one attached hydrogen (secondary N) is 4. The summed E-state index contributed by atoms with van der Waals surface area (Å²) in [6.07, 6.45) is -1.15. The number of carbonyl (C=O) groups is 4. The Morgan fingerprint density at radius 1 is 1.00 bits per heavy atom. The molecule has 5 rings (SSSR count). The molecular weight excluding hydrogens is 683 g/mol. The zero-order valence-electron chi connectivity index (χ0n) is 26.8. The second-order valence-corrected chi connectivity index (χ2v) is 12.9. The van der Waals surface area contributed by atoms with Crippen LogP contribution in [0.25, 0.3) is 0 Å². The number of Topliss-reactive ketones (excluding diaryl/α,β-unsaturated/α-hetero) is 1. The van der Waals surface area contributed by atoms with Gasteiger partial charge >= 0.3 is 18.2 Å². The van der Waals surface area contributed by atoms with E-state index in [2.05, 4.69) is 36.2 Å². The Hall–Kier alpha value is -4.99. The average molecular weight is 718 g/mol. The van der Waals surface area contributed by atoms with Crippen molar-refractivity contribution in [3.8, 4) is 6.01 Å². The van der Waals surface area contributed by atoms with Gasteiger partial charge in [0, 0.05) is 29.2 Å². The molecule has 0 unspecified atom stereocenters. The Bertz CT molecular complexity index is 1720. The van der Waals surface area contributed by atoms with Crippen molar-refractivity contribution in [1.82, 2.24) is 25.6 Å². The summed E-state index contributed by atoms with van der Waals surface area (Å²) in [4.78, 5) is 61.2. The summed E-state index contributed by atoms with van der Waals surface area (Å²) in [5, 5.41) is 21.0. The number of halogens is 4. The molecule has 1 heterocycles. The van der Waals surface area contributed by atoms with E-state index in [4.69, 9.17) is 16.3 Å². The van der Waals surface area contributed by atoms with Gasteiger partial charge in [-0.05, 0) is 85.9 Å². The van der Waals surface area contributed by atoms with Crippen LogP contribution in [0.4, 0.5) is 30.8 Å². The molecule has 17 heteroatoms. The van der Waals surface area contributed by atoms with Gasteiger partial charge < -0.3 is 31.1 Å². The Balaban J connectivity index is 1.20. The maximum Gasteiger partial charge on any atom is 0.422 e. The van der Waals surface area contributed by atoms with Crippen molar-refractivity contribution < 1.29 is 42.2 Å². The lowest BCUT2D eigenvalue weighted by Gasteiger charge is -2.19. The van der Waals surface area contributed by atoms with Crippen LogP contribution in [0.5, 0.6) is 6.01 Å². The van der Waals surface area contributed by atoms with Crippen LogP contribution in [-0.4, -0.2) is 69.0 Å². The van der Waals surface area contributed by atoms with E-state index < -0.39 is 53.9 Å². The first-order valence-corrected chi connectivity index (χ1v) is 16.3. The fourth-order valence-electron chi connectivity index (χ4n) is 5.25. The average Bonchev–Trinajstić information content (AvgIpc) is 4.00. The highest BCUT2D eigenvalue weighted by atomic mass is 35.5. The highest BCUT2D eigenvalue weighted by Crippen LogP contribution is 2.48. The van der Waals surface area contributed by atoms with Crippen molar-refractivity contribution >= 4 is 52.8 Å². The first-order chi connectivity index (χ1) is 23.7. The second kappa shape index (κ2) is 15.3. The number of hydrogen-bond donors (Lipinski definition) is 5. The molecule has 2 saturated carbocycles. The van der Waals surface area contributed by atoms with Crippen LogP contribution in [0.15, 0.2) is 48.5 Å². The molecule has 50 heavy (non-hydrogen) atoms. The van der Waals surface area contributed by atoms with Crippen LogP contribution in [0.2, 0.25) is 5.02 Å². The number of benzene rings is 2. The number of carboxylic acids is 1. The van der Waals surface area contributed by atoms with E-state index in [0.717, 1.165) is 18.4 Å². The number of alkyl halides is 3. The third kappa shape index (κ3) is 10.3. The van der Waals surface area contributed by atoms with Crippen molar-refractivity contribution in [2.45, 2.75) is 63.2 Å². The minimum atomic E-state index is -4.63. The second-order valence-electron chi connectivity index (χ2n) is 12.4. The summed E-state index contributed by atoms with van der Waals surface area (Å²) in [6.45, 7) is 0.160. The molecule has 0 radical (unpaired) electrons. The van der Waals surface area contributed by atoms with E-state index in [1.54, 1.807) is 12.1 Å². The van der Waals surface area contributed by atoms with E-state index in [0.29, 0.717) is 29.5 Å². The van der Waals surface area contributed by atoms with Gasteiger partial charge in [-0.15, -0.1) is 0 Å². The Morgan fingerprint density at radius 3 is 2.26 bits per heavy atom. The molecule has 0 bridgehead atoms. The Morgan fingerprint density at radius 2 is 1.66 bits per heavy atom. The predicted molar refractivity (Wildman–Crippen MR) is 175 cm³/mol. The molecule has 0 saturated heterocycles. The van der Waals surface area contributed by atoms with E-state index in [1.807, 2.05) is 19.1 Å². The molecular formula is C33H35ClF3N7O6. The number of aliphatic carboxylic acids is 1. The number of hydrogen-bond acceptors (Lipinski definition) is 10. The largest absolute Gasteiger partial charge is 0.480 e. The van der Waals surface area contributed by atoms with Crippen LogP contribution in [0.1, 0.15) is 61.4 Å². The monoisotopic (exact) mass is 717 g/mol. The molecule has 2 atom stereocenters. The van der Waals surface area contributed by atoms with Crippen LogP contribution in [0.3, 0.4) is 0 Å². The van der Waals surface area contributed by atoms with Gasteiger partial charge in [0.05, 0.1) is 5.54 Å². The van der Waals surface area contributed by atoms with Crippen molar-refractivity contribution in [3.63, 3.8) is 0 Å². The molecule has 1 aromatic heterocycles. The number of aromatic nitrogens is 3. The molecule has 2 aliphatic rings.